The number of aliphatic hydroxyl groups is 2. The molecule has 2 saturated heterocycles. The first-order chi connectivity index (χ1) is 20.9. The van der Waals surface area contributed by atoms with Gasteiger partial charge in [0, 0.05) is 45.4 Å². The summed E-state index contributed by atoms with van der Waals surface area (Å²) in [7, 11) is 1.47. The lowest BCUT2D eigenvalue weighted by Gasteiger charge is -2.36. The van der Waals surface area contributed by atoms with Crippen molar-refractivity contribution in [1.82, 2.24) is 25.2 Å². The molecule has 5 rings (SSSR count). The maximum atomic E-state index is 12.8. The number of ether oxygens (including phenoxy) is 3. The Labute approximate surface area is 249 Å². The van der Waals surface area contributed by atoms with E-state index in [1.165, 1.54) is 11.8 Å². The Balaban J connectivity index is 1.14. The third-order valence-corrected chi connectivity index (χ3v) is 7.58. The number of hydrogen-bond acceptors (Lipinski definition) is 11. The van der Waals surface area contributed by atoms with E-state index >= 15 is 0 Å². The summed E-state index contributed by atoms with van der Waals surface area (Å²) < 4.78 is 17.7. The fourth-order valence-corrected chi connectivity index (χ4v) is 5.14. The summed E-state index contributed by atoms with van der Waals surface area (Å²) in [4.78, 5) is 15.2. The molecule has 0 bridgehead atoms. The number of benzene rings is 2. The lowest BCUT2D eigenvalue weighted by atomic mass is 10.0. The Morgan fingerprint density at radius 2 is 2.00 bits per heavy atom. The van der Waals surface area contributed by atoms with Crippen molar-refractivity contribution >= 4 is 28.4 Å². The minimum atomic E-state index is -1.10. The van der Waals surface area contributed by atoms with E-state index in [1.807, 2.05) is 36.4 Å². The largest absolute Gasteiger partial charge is 0.390 e. The standard InChI is InChI=1S/C30H37N7O6/c1-41-28-15-26(38)29(39)27(43-28)19-37-18-25(34-35-37)17-33-30(40)23(16-31)13-20-2-3-22-14-24(5-4-21(22)12-20)32-6-7-36-8-10-42-11-9-36/h2-5,12-14,18,26-29,32,38-39H,6-11,15,17,19H2,1H3,(H,33,40)/b23-13+/t26-,27-,28+,29+/m1/s1. The predicted molar refractivity (Wildman–Crippen MR) is 157 cm³/mol. The zero-order valence-electron chi connectivity index (χ0n) is 24.1. The van der Waals surface area contributed by atoms with Crippen molar-refractivity contribution in [3.63, 3.8) is 0 Å². The molecule has 2 aromatic carbocycles. The first-order valence-electron chi connectivity index (χ1n) is 14.3. The molecule has 3 heterocycles. The van der Waals surface area contributed by atoms with Crippen LogP contribution in [0.2, 0.25) is 0 Å². The van der Waals surface area contributed by atoms with Gasteiger partial charge in [0.25, 0.3) is 5.91 Å². The zero-order valence-corrected chi connectivity index (χ0v) is 24.1. The number of hydrogen-bond donors (Lipinski definition) is 4. The average Bonchev–Trinajstić information content (AvgIpc) is 3.48. The molecule has 4 N–H and O–H groups in total. The van der Waals surface area contributed by atoms with Crippen LogP contribution in [0, 0.1) is 11.3 Å². The van der Waals surface area contributed by atoms with E-state index in [9.17, 15) is 20.3 Å². The Morgan fingerprint density at radius 1 is 1.21 bits per heavy atom. The lowest BCUT2D eigenvalue weighted by molar-refractivity contribution is -0.245. The number of fused-ring (bicyclic) bond motifs is 1. The van der Waals surface area contributed by atoms with Crippen LogP contribution in [0.1, 0.15) is 17.7 Å². The molecule has 4 atom stereocenters. The van der Waals surface area contributed by atoms with Crippen molar-refractivity contribution in [2.45, 2.75) is 44.1 Å². The number of anilines is 1. The van der Waals surface area contributed by atoms with Crippen molar-refractivity contribution in [2.24, 2.45) is 0 Å². The van der Waals surface area contributed by atoms with Gasteiger partial charge in [0.1, 0.15) is 29.5 Å². The van der Waals surface area contributed by atoms with E-state index in [4.69, 9.17) is 14.2 Å². The Hall–Kier alpha value is -3.90. The number of amides is 1. The maximum absolute atomic E-state index is 12.8. The molecule has 13 heteroatoms. The van der Waals surface area contributed by atoms with Gasteiger partial charge in [-0.2, -0.15) is 5.26 Å². The fourth-order valence-electron chi connectivity index (χ4n) is 5.14. The second kappa shape index (κ2) is 14.5. The molecule has 1 amide bonds. The quantitative estimate of drug-likeness (QED) is 0.185. The third kappa shape index (κ3) is 8.14. The molecular weight excluding hydrogens is 554 g/mol. The van der Waals surface area contributed by atoms with Crippen molar-refractivity contribution in [2.75, 3.05) is 51.8 Å². The molecule has 228 valence electrons. The smallest absolute Gasteiger partial charge is 0.262 e. The van der Waals surface area contributed by atoms with E-state index in [0.29, 0.717) is 5.69 Å². The molecule has 3 aromatic rings. The van der Waals surface area contributed by atoms with Crippen LogP contribution in [-0.2, 0) is 32.1 Å². The molecule has 1 aromatic heterocycles. The van der Waals surface area contributed by atoms with Gasteiger partial charge in [-0.15, -0.1) is 5.10 Å². The van der Waals surface area contributed by atoms with Crippen LogP contribution in [0.25, 0.3) is 16.8 Å². The molecule has 0 spiro atoms. The Bertz CT molecular complexity index is 1460. The average molecular weight is 592 g/mol. The van der Waals surface area contributed by atoms with E-state index in [0.717, 1.165) is 61.4 Å². The molecule has 0 unspecified atom stereocenters. The van der Waals surface area contributed by atoms with E-state index in [1.54, 1.807) is 12.3 Å². The second-order valence-corrected chi connectivity index (χ2v) is 10.6. The number of nitriles is 1. The van der Waals surface area contributed by atoms with Gasteiger partial charge in [0.05, 0.1) is 38.6 Å². The first kappa shape index (κ1) is 30.6. The number of morpholine rings is 1. The van der Waals surface area contributed by atoms with Gasteiger partial charge < -0.3 is 35.1 Å². The first-order valence-corrected chi connectivity index (χ1v) is 14.3. The highest BCUT2D eigenvalue weighted by Gasteiger charge is 2.37. The van der Waals surface area contributed by atoms with Crippen LogP contribution < -0.4 is 10.6 Å². The summed E-state index contributed by atoms with van der Waals surface area (Å²) in [5.41, 5.74) is 2.20. The highest BCUT2D eigenvalue weighted by atomic mass is 16.7. The summed E-state index contributed by atoms with van der Waals surface area (Å²) in [5.74, 6) is -0.533. The van der Waals surface area contributed by atoms with Crippen LogP contribution in [-0.4, -0.2) is 107 Å². The number of carbonyl (C=O) groups excluding carboxylic acids is 1. The molecule has 2 fully saturated rings. The van der Waals surface area contributed by atoms with Gasteiger partial charge in [0.15, 0.2) is 6.29 Å². The molecule has 0 radical (unpaired) electrons. The van der Waals surface area contributed by atoms with Crippen LogP contribution >= 0.6 is 0 Å². The summed E-state index contributed by atoms with van der Waals surface area (Å²) in [6.45, 7) is 5.50. The summed E-state index contributed by atoms with van der Waals surface area (Å²) in [6, 6.07) is 13.9. The van der Waals surface area contributed by atoms with Gasteiger partial charge in [-0.1, -0.05) is 23.4 Å². The summed E-state index contributed by atoms with van der Waals surface area (Å²) in [5, 5.41) is 46.2. The molecule has 0 aliphatic carbocycles. The highest BCUT2D eigenvalue weighted by Crippen LogP contribution is 2.23. The number of nitrogens with zero attached hydrogens (tertiary/aromatic N) is 5. The van der Waals surface area contributed by atoms with Crippen molar-refractivity contribution in [3.8, 4) is 6.07 Å². The minimum absolute atomic E-state index is 0.0357. The normalized spacial score (nSPS) is 23.2. The van der Waals surface area contributed by atoms with Crippen molar-refractivity contribution in [1.29, 1.82) is 5.26 Å². The fraction of sp³-hybridized carbons (Fsp3) is 0.467. The van der Waals surface area contributed by atoms with E-state index in [-0.39, 0.29) is 25.1 Å². The number of nitrogens with one attached hydrogen (secondary N) is 2. The van der Waals surface area contributed by atoms with Gasteiger partial charge in [-0.25, -0.2) is 4.68 Å². The number of carbonyl (C=O) groups is 1. The van der Waals surface area contributed by atoms with Crippen molar-refractivity contribution < 1.29 is 29.2 Å². The molecule has 2 aliphatic rings. The van der Waals surface area contributed by atoms with Gasteiger partial charge in [-0.05, 0) is 40.6 Å². The van der Waals surface area contributed by atoms with E-state index < -0.39 is 30.5 Å². The number of aromatic nitrogens is 3. The monoisotopic (exact) mass is 591 g/mol. The minimum Gasteiger partial charge on any atom is -0.390 e. The van der Waals surface area contributed by atoms with Crippen LogP contribution in [0.4, 0.5) is 5.69 Å². The third-order valence-electron chi connectivity index (χ3n) is 7.58. The van der Waals surface area contributed by atoms with Gasteiger partial charge in [0.2, 0.25) is 0 Å². The highest BCUT2D eigenvalue weighted by molar-refractivity contribution is 6.02. The topological polar surface area (TPSA) is 167 Å². The van der Waals surface area contributed by atoms with E-state index in [2.05, 4.69) is 31.9 Å². The van der Waals surface area contributed by atoms with Crippen LogP contribution in [0.15, 0.2) is 48.2 Å². The van der Waals surface area contributed by atoms with Crippen LogP contribution in [0.3, 0.4) is 0 Å². The molecule has 2 aliphatic heterocycles. The lowest BCUT2D eigenvalue weighted by Crippen LogP contribution is -2.50. The second-order valence-electron chi connectivity index (χ2n) is 10.6. The van der Waals surface area contributed by atoms with Crippen LogP contribution in [0.5, 0.6) is 0 Å². The molecule has 13 nitrogen and oxygen atoms in total. The molecular formula is C30H37N7O6. The summed E-state index contributed by atoms with van der Waals surface area (Å²) >= 11 is 0. The van der Waals surface area contributed by atoms with Crippen molar-refractivity contribution in [3.05, 3.63) is 59.4 Å². The number of rotatable bonds is 11. The SMILES string of the molecule is CO[C@@H]1C[C@@H](O)[C@H](O)[C@@H](Cn2cc(CNC(=O)/C(C#N)=C/c3ccc4cc(NCCN5CCOCC5)ccc4c3)nn2)O1. The van der Waals surface area contributed by atoms with Gasteiger partial charge >= 0.3 is 0 Å². The number of aliphatic hydroxyl groups excluding tert-OH is 2. The Kier molecular flexibility index (Phi) is 10.3. The Morgan fingerprint density at radius 3 is 2.79 bits per heavy atom. The number of methoxy groups -OCH3 is 1. The molecule has 43 heavy (non-hydrogen) atoms. The van der Waals surface area contributed by atoms with Gasteiger partial charge in [-0.3, -0.25) is 9.69 Å². The maximum Gasteiger partial charge on any atom is 0.262 e. The predicted octanol–water partition coefficient (Wildman–Crippen LogP) is 0.882. The summed E-state index contributed by atoms with van der Waals surface area (Å²) in [6.07, 6.45) is -0.114. The zero-order chi connectivity index (χ0) is 30.2. The molecule has 0 saturated carbocycles.